The van der Waals surface area contributed by atoms with Gasteiger partial charge in [-0.05, 0) is 6.92 Å². The third kappa shape index (κ3) is 12.6. The van der Waals surface area contributed by atoms with E-state index in [2.05, 4.69) is 36.9 Å². The Balaban J connectivity index is 0. The Morgan fingerprint density at radius 2 is 1.94 bits per heavy atom. The van der Waals surface area contributed by atoms with Crippen molar-refractivity contribution >= 4 is 21.9 Å². The van der Waals surface area contributed by atoms with Crippen LogP contribution >= 0.6 is 15.9 Å². The van der Waals surface area contributed by atoms with Gasteiger partial charge in [0.25, 0.3) is 0 Å². The lowest BCUT2D eigenvalue weighted by atomic mass is 10.2. The molecule has 0 aliphatic carbocycles. The number of nitrogens with zero attached hydrogens (tertiary/aromatic N) is 1. The molecule has 0 heterocycles. The van der Waals surface area contributed by atoms with Crippen molar-refractivity contribution in [1.82, 2.24) is 0 Å². The van der Waals surface area contributed by atoms with Crippen LogP contribution in [0.2, 0.25) is 0 Å². The SMILES string of the molecule is CCOC(=O)CCC[N+](C)(C)CCC(C)Br.[Br-]. The topological polar surface area (TPSA) is 26.3 Å². The van der Waals surface area contributed by atoms with Crippen LogP contribution in [0.4, 0.5) is 0 Å². The van der Waals surface area contributed by atoms with E-state index in [0.717, 1.165) is 30.4 Å². The molecule has 104 valence electrons. The van der Waals surface area contributed by atoms with Crippen LogP contribution < -0.4 is 17.0 Å². The molecule has 0 aromatic rings. The summed E-state index contributed by atoms with van der Waals surface area (Å²) in [6, 6.07) is 0. The van der Waals surface area contributed by atoms with Crippen molar-refractivity contribution in [3.63, 3.8) is 0 Å². The Kier molecular flexibility index (Phi) is 12.0. The molecule has 0 radical (unpaired) electrons. The number of alkyl halides is 1. The van der Waals surface area contributed by atoms with Gasteiger partial charge in [-0.1, -0.05) is 22.9 Å². The monoisotopic (exact) mass is 373 g/mol. The number of rotatable bonds is 8. The molecule has 0 fully saturated rings. The van der Waals surface area contributed by atoms with Crippen LogP contribution in [0, 0.1) is 0 Å². The van der Waals surface area contributed by atoms with Crippen LogP contribution in [0.15, 0.2) is 0 Å². The normalized spacial score (nSPS) is 12.8. The average Bonchev–Trinajstić information content (AvgIpc) is 2.15. The quantitative estimate of drug-likeness (QED) is 0.328. The number of halogens is 2. The van der Waals surface area contributed by atoms with Crippen molar-refractivity contribution in [1.29, 1.82) is 0 Å². The van der Waals surface area contributed by atoms with Gasteiger partial charge >= 0.3 is 5.97 Å². The number of quaternary nitrogens is 1. The van der Waals surface area contributed by atoms with Crippen molar-refractivity contribution < 1.29 is 31.0 Å². The molecule has 3 nitrogen and oxygen atoms in total. The van der Waals surface area contributed by atoms with Crippen LogP contribution in [0.1, 0.15) is 33.1 Å². The number of carbonyl (C=O) groups excluding carboxylic acids is 1. The molecule has 17 heavy (non-hydrogen) atoms. The molecule has 0 aromatic carbocycles. The first kappa shape index (κ1) is 19.7. The van der Waals surface area contributed by atoms with Gasteiger partial charge in [0.15, 0.2) is 0 Å². The van der Waals surface area contributed by atoms with Gasteiger partial charge in [0.2, 0.25) is 0 Å². The lowest BCUT2D eigenvalue weighted by Crippen LogP contribution is -3.00. The molecule has 1 unspecified atom stereocenters. The molecule has 0 aromatic heterocycles. The second kappa shape index (κ2) is 10.3. The predicted octanol–water partition coefficient (Wildman–Crippen LogP) is -0.416. The maximum absolute atomic E-state index is 11.2. The molecule has 5 heteroatoms. The number of esters is 1. The van der Waals surface area contributed by atoms with E-state index in [1.165, 1.54) is 0 Å². The van der Waals surface area contributed by atoms with E-state index in [4.69, 9.17) is 4.74 Å². The van der Waals surface area contributed by atoms with Gasteiger partial charge < -0.3 is 26.2 Å². The second-order valence-corrected chi connectivity index (χ2v) is 6.42. The van der Waals surface area contributed by atoms with Gasteiger partial charge in [0.05, 0.1) is 40.2 Å². The number of hydrogen-bond acceptors (Lipinski definition) is 2. The number of carbonyl (C=O) groups is 1. The van der Waals surface area contributed by atoms with Gasteiger partial charge in [0, 0.05) is 17.7 Å². The van der Waals surface area contributed by atoms with Crippen LogP contribution in [-0.4, -0.2) is 49.1 Å². The standard InChI is InChI=1S/C12H25BrNO2.BrH/c1-5-16-12(15)7-6-9-14(3,4)10-8-11(2)13;/h11H,5-10H2,1-4H3;1H/q+1;/p-1. The molecule has 0 bridgehead atoms. The maximum Gasteiger partial charge on any atom is 0.305 e. The Labute approximate surface area is 124 Å². The van der Waals surface area contributed by atoms with E-state index < -0.39 is 0 Å². The summed E-state index contributed by atoms with van der Waals surface area (Å²) in [5.74, 6) is -0.0728. The van der Waals surface area contributed by atoms with E-state index in [1.54, 1.807) is 0 Å². The van der Waals surface area contributed by atoms with Crippen LogP contribution in [0.25, 0.3) is 0 Å². The highest BCUT2D eigenvalue weighted by Crippen LogP contribution is 2.09. The fraction of sp³-hybridized carbons (Fsp3) is 0.917. The molecule has 0 rings (SSSR count). The first-order valence-electron chi connectivity index (χ1n) is 5.99. The zero-order valence-corrected chi connectivity index (χ0v) is 14.5. The van der Waals surface area contributed by atoms with Gasteiger partial charge in [-0.3, -0.25) is 4.79 Å². The zero-order valence-electron chi connectivity index (χ0n) is 11.3. The van der Waals surface area contributed by atoms with Crippen molar-refractivity contribution in [3.8, 4) is 0 Å². The molecule has 0 amide bonds. The maximum atomic E-state index is 11.2. The minimum Gasteiger partial charge on any atom is -1.00 e. The van der Waals surface area contributed by atoms with Crippen molar-refractivity contribution in [2.24, 2.45) is 0 Å². The summed E-state index contributed by atoms with van der Waals surface area (Å²) in [6.07, 6.45) is 2.61. The summed E-state index contributed by atoms with van der Waals surface area (Å²) in [5.41, 5.74) is 0. The number of ether oxygens (including phenoxy) is 1. The molecular formula is C12H25Br2NO2. The molecule has 0 aliphatic rings. The summed E-state index contributed by atoms with van der Waals surface area (Å²) < 4.78 is 5.87. The average molecular weight is 375 g/mol. The molecule has 1 atom stereocenters. The highest BCUT2D eigenvalue weighted by Gasteiger charge is 2.16. The molecule has 0 N–H and O–H groups in total. The molecular weight excluding hydrogens is 350 g/mol. The molecule has 0 aliphatic heterocycles. The number of hydrogen-bond donors (Lipinski definition) is 0. The Bertz CT molecular complexity index is 209. The first-order valence-corrected chi connectivity index (χ1v) is 6.90. The molecule has 0 spiro atoms. The van der Waals surface area contributed by atoms with E-state index in [0.29, 0.717) is 17.9 Å². The van der Waals surface area contributed by atoms with Crippen molar-refractivity contribution in [2.75, 3.05) is 33.8 Å². The summed E-state index contributed by atoms with van der Waals surface area (Å²) in [4.78, 5) is 11.7. The highest BCUT2D eigenvalue weighted by molar-refractivity contribution is 9.09. The van der Waals surface area contributed by atoms with E-state index in [9.17, 15) is 4.79 Å². The summed E-state index contributed by atoms with van der Waals surface area (Å²) in [5, 5.41) is 0. The highest BCUT2D eigenvalue weighted by atomic mass is 79.9. The Morgan fingerprint density at radius 3 is 2.41 bits per heavy atom. The Morgan fingerprint density at radius 1 is 1.35 bits per heavy atom. The van der Waals surface area contributed by atoms with Crippen LogP contribution in [-0.2, 0) is 9.53 Å². The third-order valence-electron chi connectivity index (χ3n) is 2.58. The largest absolute Gasteiger partial charge is 1.00 e. The van der Waals surface area contributed by atoms with E-state index in [-0.39, 0.29) is 23.0 Å². The first-order chi connectivity index (χ1) is 7.37. The van der Waals surface area contributed by atoms with Gasteiger partial charge in [0.1, 0.15) is 0 Å². The fourth-order valence-corrected chi connectivity index (χ4v) is 1.73. The van der Waals surface area contributed by atoms with E-state index in [1.807, 2.05) is 6.92 Å². The van der Waals surface area contributed by atoms with Gasteiger partial charge in [-0.15, -0.1) is 0 Å². The smallest absolute Gasteiger partial charge is 0.305 e. The minimum atomic E-state index is -0.0728. The van der Waals surface area contributed by atoms with Crippen LogP contribution in [0.5, 0.6) is 0 Å². The van der Waals surface area contributed by atoms with Crippen molar-refractivity contribution in [2.45, 2.75) is 37.9 Å². The minimum absolute atomic E-state index is 0. The zero-order chi connectivity index (χ0) is 12.6. The Hall–Kier alpha value is 0.390. The van der Waals surface area contributed by atoms with Crippen LogP contribution in [0.3, 0.4) is 0 Å². The van der Waals surface area contributed by atoms with E-state index >= 15 is 0 Å². The molecule has 0 saturated heterocycles. The lowest BCUT2D eigenvalue weighted by Gasteiger charge is -2.30. The van der Waals surface area contributed by atoms with Gasteiger partial charge in [-0.25, -0.2) is 0 Å². The molecule has 0 saturated carbocycles. The summed E-state index contributed by atoms with van der Waals surface area (Å²) >= 11 is 3.55. The fourth-order valence-electron chi connectivity index (χ4n) is 1.52. The lowest BCUT2D eigenvalue weighted by molar-refractivity contribution is -0.890. The predicted molar refractivity (Wildman–Crippen MR) is 70.7 cm³/mol. The third-order valence-corrected chi connectivity index (χ3v) is 3.04. The summed E-state index contributed by atoms with van der Waals surface area (Å²) in [6.45, 7) is 6.65. The van der Waals surface area contributed by atoms with Crippen molar-refractivity contribution in [3.05, 3.63) is 0 Å². The van der Waals surface area contributed by atoms with Gasteiger partial charge in [-0.2, -0.15) is 0 Å². The second-order valence-electron chi connectivity index (χ2n) is 4.86. The summed E-state index contributed by atoms with van der Waals surface area (Å²) in [7, 11) is 4.42.